The fourth-order valence-electron chi connectivity index (χ4n) is 3.08. The van der Waals surface area contributed by atoms with Crippen LogP contribution < -0.4 is 5.32 Å². The summed E-state index contributed by atoms with van der Waals surface area (Å²) < 4.78 is 7.47. The summed E-state index contributed by atoms with van der Waals surface area (Å²) in [6.07, 6.45) is 3.99. The van der Waals surface area contributed by atoms with Gasteiger partial charge in [0.1, 0.15) is 12.1 Å². The first kappa shape index (κ1) is 21.4. The summed E-state index contributed by atoms with van der Waals surface area (Å²) in [4.78, 5) is 31.3. The molecule has 0 spiro atoms. The van der Waals surface area contributed by atoms with Gasteiger partial charge in [-0.05, 0) is 62.7 Å². The second-order valence-corrected chi connectivity index (χ2v) is 9.17. The first-order valence-corrected chi connectivity index (χ1v) is 10.6. The van der Waals surface area contributed by atoms with E-state index in [0.717, 1.165) is 24.9 Å². The Kier molecular flexibility index (Phi) is 6.97. The van der Waals surface area contributed by atoms with Crippen LogP contribution in [-0.2, 0) is 9.53 Å². The van der Waals surface area contributed by atoms with Gasteiger partial charge in [-0.3, -0.25) is 9.78 Å². The van der Waals surface area contributed by atoms with E-state index in [2.05, 4.69) is 32.8 Å². The van der Waals surface area contributed by atoms with Gasteiger partial charge in [-0.15, -0.1) is 0 Å². The molecule has 8 heteroatoms. The van der Waals surface area contributed by atoms with Crippen LogP contribution in [0.2, 0.25) is 0 Å². The van der Waals surface area contributed by atoms with E-state index in [9.17, 15) is 9.59 Å². The number of amides is 2. The van der Waals surface area contributed by atoms with E-state index in [-0.39, 0.29) is 12.5 Å². The molecule has 0 bridgehead atoms. The largest absolute Gasteiger partial charge is 0.444 e. The number of hydrogen-bond acceptors (Lipinski definition) is 6. The van der Waals surface area contributed by atoms with E-state index in [1.165, 1.54) is 10.3 Å². The number of ether oxygens (including phenoxy) is 1. The van der Waals surface area contributed by atoms with Crippen LogP contribution in [0, 0.1) is 0 Å². The molecule has 2 amide bonds. The molecule has 29 heavy (non-hydrogen) atoms. The summed E-state index contributed by atoms with van der Waals surface area (Å²) in [5, 5.41) is 4.85. The van der Waals surface area contributed by atoms with Crippen molar-refractivity contribution in [2.45, 2.75) is 37.7 Å². The number of carbonyl (C=O) groups is 2. The predicted octanol–water partition coefficient (Wildman–Crippen LogP) is 3.30. The maximum atomic E-state index is 12.5. The molecule has 2 heterocycles. The predicted molar refractivity (Wildman–Crippen MR) is 115 cm³/mol. The normalized spacial score (nSPS) is 15.8. The van der Waals surface area contributed by atoms with Crippen LogP contribution in [0.1, 0.15) is 27.2 Å². The topological polar surface area (TPSA) is 74.8 Å². The standard InChI is InChI=1S/C21H28N4O3S/c1-21(2,3)28-20(27)23-15-19(26)24-9-4-10-25(12-11-24)29-18-6-5-17-14-22-8-7-16(17)13-18/h5-8,13-14H,4,9-12,15H2,1-3H3,(H,23,27). The lowest BCUT2D eigenvalue weighted by atomic mass is 10.2. The van der Waals surface area contributed by atoms with Crippen molar-refractivity contribution in [3.63, 3.8) is 0 Å². The third kappa shape index (κ3) is 6.61. The molecule has 1 aromatic carbocycles. The highest BCUT2D eigenvalue weighted by molar-refractivity contribution is 7.97. The Labute approximate surface area is 175 Å². The van der Waals surface area contributed by atoms with Crippen LogP contribution in [0.25, 0.3) is 10.8 Å². The number of pyridine rings is 1. The smallest absolute Gasteiger partial charge is 0.408 e. The van der Waals surface area contributed by atoms with Gasteiger partial charge in [-0.25, -0.2) is 9.10 Å². The van der Waals surface area contributed by atoms with Crippen LogP contribution in [0.4, 0.5) is 4.79 Å². The van der Waals surface area contributed by atoms with Crippen molar-refractivity contribution < 1.29 is 14.3 Å². The Balaban J connectivity index is 1.49. The molecular formula is C21H28N4O3S. The highest BCUT2D eigenvalue weighted by atomic mass is 32.2. The van der Waals surface area contributed by atoms with Crippen LogP contribution >= 0.6 is 11.9 Å². The van der Waals surface area contributed by atoms with E-state index in [0.29, 0.717) is 13.1 Å². The Morgan fingerprint density at radius 1 is 1.14 bits per heavy atom. The lowest BCUT2D eigenvalue weighted by Gasteiger charge is -2.23. The van der Waals surface area contributed by atoms with Gasteiger partial charge in [0.15, 0.2) is 0 Å². The minimum atomic E-state index is -0.577. The zero-order valence-corrected chi connectivity index (χ0v) is 18.0. The average molecular weight is 417 g/mol. The van der Waals surface area contributed by atoms with E-state index < -0.39 is 11.7 Å². The molecule has 1 N–H and O–H groups in total. The number of rotatable bonds is 4. The van der Waals surface area contributed by atoms with E-state index in [1.54, 1.807) is 38.9 Å². The second-order valence-electron chi connectivity index (χ2n) is 7.99. The SMILES string of the molecule is CC(C)(C)OC(=O)NCC(=O)N1CCCN(Sc2ccc3cnccc3c2)CC1. The summed E-state index contributed by atoms with van der Waals surface area (Å²) >= 11 is 1.72. The molecule has 0 aliphatic carbocycles. The van der Waals surface area contributed by atoms with Crippen molar-refractivity contribution >= 4 is 34.7 Å². The number of aromatic nitrogens is 1. The molecule has 3 rings (SSSR count). The summed E-state index contributed by atoms with van der Waals surface area (Å²) in [6, 6.07) is 8.37. The average Bonchev–Trinajstić information content (AvgIpc) is 2.90. The van der Waals surface area contributed by atoms with Crippen LogP contribution in [0.5, 0.6) is 0 Å². The van der Waals surface area contributed by atoms with E-state index >= 15 is 0 Å². The zero-order chi connectivity index (χ0) is 20.9. The molecular weight excluding hydrogens is 388 g/mol. The van der Waals surface area contributed by atoms with Gasteiger partial charge < -0.3 is 15.0 Å². The van der Waals surface area contributed by atoms with Crippen molar-refractivity contribution in [3.8, 4) is 0 Å². The van der Waals surface area contributed by atoms with Crippen LogP contribution in [0.3, 0.4) is 0 Å². The Bertz CT molecular complexity index is 868. The van der Waals surface area contributed by atoms with Crippen molar-refractivity contribution in [2.75, 3.05) is 32.7 Å². The van der Waals surface area contributed by atoms with Crippen molar-refractivity contribution in [1.29, 1.82) is 0 Å². The minimum absolute atomic E-state index is 0.0409. The fourth-order valence-corrected chi connectivity index (χ4v) is 4.08. The van der Waals surface area contributed by atoms with Gasteiger partial charge >= 0.3 is 6.09 Å². The fraction of sp³-hybridized carbons (Fsp3) is 0.476. The third-order valence-corrected chi connectivity index (χ3v) is 5.53. The minimum Gasteiger partial charge on any atom is -0.444 e. The lowest BCUT2D eigenvalue weighted by molar-refractivity contribution is -0.130. The number of alkyl carbamates (subject to hydrolysis) is 1. The van der Waals surface area contributed by atoms with Gasteiger partial charge in [0, 0.05) is 48.9 Å². The van der Waals surface area contributed by atoms with Gasteiger partial charge in [-0.1, -0.05) is 6.07 Å². The summed E-state index contributed by atoms with van der Waals surface area (Å²) in [6.45, 7) is 8.35. The molecule has 1 aromatic heterocycles. The molecule has 0 atom stereocenters. The molecule has 7 nitrogen and oxygen atoms in total. The Morgan fingerprint density at radius 2 is 1.97 bits per heavy atom. The molecule has 0 unspecified atom stereocenters. The third-order valence-electron chi connectivity index (χ3n) is 4.44. The summed E-state index contributed by atoms with van der Waals surface area (Å²) in [5.41, 5.74) is -0.577. The highest BCUT2D eigenvalue weighted by Crippen LogP contribution is 2.27. The van der Waals surface area contributed by atoms with Gasteiger partial charge in [-0.2, -0.15) is 0 Å². The summed E-state index contributed by atoms with van der Waals surface area (Å²) in [7, 11) is 0. The number of carbonyl (C=O) groups excluding carboxylic acids is 2. The number of nitrogens with zero attached hydrogens (tertiary/aromatic N) is 3. The monoisotopic (exact) mass is 416 g/mol. The van der Waals surface area contributed by atoms with Gasteiger partial charge in [0.2, 0.25) is 5.91 Å². The Morgan fingerprint density at radius 3 is 2.76 bits per heavy atom. The molecule has 1 saturated heterocycles. The molecule has 156 valence electrons. The molecule has 0 radical (unpaired) electrons. The van der Waals surface area contributed by atoms with E-state index in [4.69, 9.17) is 4.74 Å². The first-order chi connectivity index (χ1) is 13.8. The number of hydrogen-bond donors (Lipinski definition) is 1. The first-order valence-electron chi connectivity index (χ1n) is 9.81. The maximum Gasteiger partial charge on any atom is 0.408 e. The molecule has 2 aromatic rings. The van der Waals surface area contributed by atoms with Crippen molar-refractivity contribution in [2.24, 2.45) is 0 Å². The zero-order valence-electron chi connectivity index (χ0n) is 17.2. The highest BCUT2D eigenvalue weighted by Gasteiger charge is 2.21. The molecule has 1 fully saturated rings. The van der Waals surface area contributed by atoms with Crippen LogP contribution in [-0.4, -0.2) is 64.5 Å². The molecule has 1 aliphatic rings. The van der Waals surface area contributed by atoms with Crippen LogP contribution in [0.15, 0.2) is 41.6 Å². The maximum absolute atomic E-state index is 12.5. The summed E-state index contributed by atoms with van der Waals surface area (Å²) in [5.74, 6) is -0.0825. The molecule has 1 aliphatic heterocycles. The lowest BCUT2D eigenvalue weighted by Crippen LogP contribution is -2.43. The number of fused-ring (bicyclic) bond motifs is 1. The van der Waals surface area contributed by atoms with E-state index in [1.807, 2.05) is 17.2 Å². The second kappa shape index (κ2) is 9.45. The number of benzene rings is 1. The Hall–Kier alpha value is -2.32. The van der Waals surface area contributed by atoms with Gasteiger partial charge in [0.05, 0.1) is 0 Å². The van der Waals surface area contributed by atoms with Crippen molar-refractivity contribution in [1.82, 2.24) is 19.5 Å². The quantitative estimate of drug-likeness (QED) is 0.771. The molecule has 0 saturated carbocycles. The van der Waals surface area contributed by atoms with Crippen molar-refractivity contribution in [3.05, 3.63) is 36.7 Å². The number of nitrogens with one attached hydrogen (secondary N) is 1. The van der Waals surface area contributed by atoms with Gasteiger partial charge in [0.25, 0.3) is 0 Å².